The van der Waals surface area contributed by atoms with Crippen molar-refractivity contribution < 1.29 is 9.47 Å². The van der Waals surface area contributed by atoms with E-state index in [1.54, 1.807) is 0 Å². The van der Waals surface area contributed by atoms with E-state index in [4.69, 9.17) is 14.9 Å². The topological polar surface area (TPSA) is 79.1 Å². The summed E-state index contributed by atoms with van der Waals surface area (Å²) in [6.07, 6.45) is 6.07. The predicted molar refractivity (Wildman–Crippen MR) is 115 cm³/mol. The highest BCUT2D eigenvalue weighted by molar-refractivity contribution is 5.52. The molecule has 6 heteroatoms. The molecule has 0 saturated carbocycles. The third kappa shape index (κ3) is 27.1. The molecule has 0 aliphatic carbocycles. The van der Waals surface area contributed by atoms with Gasteiger partial charge >= 0.3 is 0 Å². The molecule has 0 heterocycles. The van der Waals surface area contributed by atoms with E-state index in [1.165, 1.54) is 11.8 Å². The standard InChI is InChI=1S/C12H25NO2.C9H19N3/c1-11(2)6-9-15-12(3,4)10-14-8-5-7-13;1-8(2)5-6-10-12-11-7-9(3)4/h7,11,13H,5-6,8-10H2,1-4H3;7-8H,5-6H2,1-4H3,(H,10,11). The molecule has 0 saturated heterocycles. The van der Waals surface area contributed by atoms with E-state index < -0.39 is 0 Å². The molecule has 0 aromatic heterocycles. The summed E-state index contributed by atoms with van der Waals surface area (Å²) in [4.78, 5) is 0. The fourth-order valence-electron chi connectivity index (χ4n) is 1.64. The third-order valence-corrected chi connectivity index (χ3v) is 3.33. The molecule has 0 spiro atoms. The summed E-state index contributed by atoms with van der Waals surface area (Å²) in [6.45, 7) is 19.6. The number of rotatable bonds is 14. The first-order valence-electron chi connectivity index (χ1n) is 10.1. The summed E-state index contributed by atoms with van der Waals surface area (Å²) in [5.74, 6) is 1.38. The second kappa shape index (κ2) is 18.1. The molecule has 160 valence electrons. The molecule has 0 fully saturated rings. The second-order valence-corrected chi connectivity index (χ2v) is 8.33. The van der Waals surface area contributed by atoms with E-state index in [-0.39, 0.29) is 5.60 Å². The van der Waals surface area contributed by atoms with E-state index in [2.05, 4.69) is 43.5 Å². The SMILES string of the molecule is CC(C)=CNN=NCCC(C)C.CC(C)CCOC(C)(C)COCCC=N. The molecule has 0 aromatic rings. The van der Waals surface area contributed by atoms with Crippen LogP contribution in [-0.4, -0.2) is 38.2 Å². The summed E-state index contributed by atoms with van der Waals surface area (Å²) in [5, 5.41) is 14.6. The number of allylic oxidation sites excluding steroid dienone is 1. The molecule has 0 unspecified atom stereocenters. The molecule has 2 N–H and O–H groups in total. The summed E-state index contributed by atoms with van der Waals surface area (Å²) in [5.41, 5.74) is 3.74. The fraction of sp³-hybridized carbons (Fsp3) is 0.857. The molecule has 0 atom stereocenters. The van der Waals surface area contributed by atoms with Crippen LogP contribution in [0.3, 0.4) is 0 Å². The third-order valence-electron chi connectivity index (χ3n) is 3.33. The fourth-order valence-corrected chi connectivity index (χ4v) is 1.64. The number of ether oxygens (including phenoxy) is 2. The van der Waals surface area contributed by atoms with Gasteiger partial charge in [-0.15, -0.1) is 0 Å². The van der Waals surface area contributed by atoms with Crippen molar-refractivity contribution in [3.05, 3.63) is 11.8 Å². The van der Waals surface area contributed by atoms with Gasteiger partial charge in [0.1, 0.15) is 0 Å². The maximum Gasteiger partial charge on any atom is 0.0858 e. The lowest BCUT2D eigenvalue weighted by atomic mass is 10.1. The minimum absolute atomic E-state index is 0.211. The van der Waals surface area contributed by atoms with Crippen molar-refractivity contribution in [1.29, 1.82) is 5.41 Å². The average molecular weight is 385 g/mol. The highest BCUT2D eigenvalue weighted by Gasteiger charge is 2.18. The lowest BCUT2D eigenvalue weighted by Gasteiger charge is -2.25. The first kappa shape index (κ1) is 27.9. The zero-order chi connectivity index (χ0) is 21.1. The molecule has 0 amide bonds. The maximum absolute atomic E-state index is 6.86. The summed E-state index contributed by atoms with van der Waals surface area (Å²) in [7, 11) is 0. The van der Waals surface area contributed by atoms with Crippen molar-refractivity contribution in [2.75, 3.05) is 26.4 Å². The van der Waals surface area contributed by atoms with E-state index in [9.17, 15) is 0 Å². The van der Waals surface area contributed by atoms with Crippen LogP contribution >= 0.6 is 0 Å². The van der Waals surface area contributed by atoms with Gasteiger partial charge in [0.05, 0.1) is 25.4 Å². The minimum atomic E-state index is -0.211. The lowest BCUT2D eigenvalue weighted by Crippen LogP contribution is -2.31. The second-order valence-electron chi connectivity index (χ2n) is 8.33. The summed E-state index contributed by atoms with van der Waals surface area (Å²) >= 11 is 0. The Balaban J connectivity index is 0. The predicted octanol–water partition coefficient (Wildman–Crippen LogP) is 5.80. The van der Waals surface area contributed by atoms with Crippen LogP contribution in [0.15, 0.2) is 22.1 Å². The molecule has 0 aliphatic rings. The average Bonchev–Trinajstić information content (AvgIpc) is 2.54. The monoisotopic (exact) mass is 384 g/mol. The van der Waals surface area contributed by atoms with Crippen LogP contribution < -0.4 is 5.43 Å². The largest absolute Gasteiger partial charge is 0.378 e. The molecule has 0 bridgehead atoms. The molecular formula is C21H44N4O2. The van der Waals surface area contributed by atoms with Gasteiger partial charge in [0.2, 0.25) is 0 Å². The van der Waals surface area contributed by atoms with Crippen LogP contribution in [0.5, 0.6) is 0 Å². The molecule has 6 nitrogen and oxygen atoms in total. The van der Waals surface area contributed by atoms with Crippen LogP contribution in [0, 0.1) is 17.2 Å². The van der Waals surface area contributed by atoms with E-state index >= 15 is 0 Å². The Kier molecular flexibility index (Phi) is 18.7. The van der Waals surface area contributed by atoms with Gasteiger partial charge in [-0.3, -0.25) is 5.43 Å². The maximum atomic E-state index is 6.86. The normalized spacial score (nSPS) is 11.5. The smallest absolute Gasteiger partial charge is 0.0858 e. The first-order chi connectivity index (χ1) is 12.6. The van der Waals surface area contributed by atoms with Crippen molar-refractivity contribution in [2.24, 2.45) is 22.2 Å². The Hall–Kier alpha value is -1.27. The molecule has 0 rings (SSSR count). The number of nitrogens with one attached hydrogen (secondary N) is 2. The van der Waals surface area contributed by atoms with Gasteiger partial charge < -0.3 is 14.9 Å². The highest BCUT2D eigenvalue weighted by atomic mass is 16.5. The zero-order valence-electron chi connectivity index (χ0n) is 19.0. The van der Waals surface area contributed by atoms with Gasteiger partial charge in [0, 0.05) is 19.2 Å². The van der Waals surface area contributed by atoms with Crippen LogP contribution in [0.1, 0.15) is 74.7 Å². The number of nitrogens with zero attached hydrogens (tertiary/aromatic N) is 2. The highest BCUT2D eigenvalue weighted by Crippen LogP contribution is 2.12. The Morgan fingerprint density at radius 1 is 1.07 bits per heavy atom. The van der Waals surface area contributed by atoms with Crippen LogP contribution in [0.2, 0.25) is 0 Å². The Bertz CT molecular complexity index is 401. The van der Waals surface area contributed by atoms with Crippen molar-refractivity contribution in [3.8, 4) is 0 Å². The van der Waals surface area contributed by atoms with Gasteiger partial charge in [0.25, 0.3) is 0 Å². The molecule has 0 aliphatic heterocycles. The van der Waals surface area contributed by atoms with Gasteiger partial charge in [-0.2, -0.15) is 5.11 Å². The Morgan fingerprint density at radius 3 is 2.22 bits per heavy atom. The van der Waals surface area contributed by atoms with Crippen molar-refractivity contribution in [3.63, 3.8) is 0 Å². The summed E-state index contributed by atoms with van der Waals surface area (Å²) in [6, 6.07) is 0. The molecule has 0 aromatic carbocycles. The lowest BCUT2D eigenvalue weighted by molar-refractivity contribution is -0.0764. The van der Waals surface area contributed by atoms with E-state index in [1.807, 2.05) is 33.9 Å². The van der Waals surface area contributed by atoms with Crippen LogP contribution in [0.4, 0.5) is 0 Å². The van der Waals surface area contributed by atoms with Gasteiger partial charge in [0.15, 0.2) is 0 Å². The number of hydrogen-bond donors (Lipinski definition) is 2. The quantitative estimate of drug-likeness (QED) is 0.172. The Labute approximate surface area is 167 Å². The summed E-state index contributed by atoms with van der Waals surface area (Å²) < 4.78 is 11.2. The first-order valence-corrected chi connectivity index (χ1v) is 10.1. The number of hydrogen-bond acceptors (Lipinski definition) is 5. The Morgan fingerprint density at radius 2 is 1.70 bits per heavy atom. The van der Waals surface area contributed by atoms with Crippen LogP contribution in [0.25, 0.3) is 0 Å². The van der Waals surface area contributed by atoms with Gasteiger partial charge in [-0.1, -0.05) is 38.5 Å². The molecular weight excluding hydrogens is 340 g/mol. The van der Waals surface area contributed by atoms with Crippen LogP contribution in [-0.2, 0) is 9.47 Å². The van der Waals surface area contributed by atoms with Crippen molar-refractivity contribution in [2.45, 2.75) is 80.3 Å². The van der Waals surface area contributed by atoms with Gasteiger partial charge in [-0.25, -0.2) is 0 Å². The minimum Gasteiger partial charge on any atom is -0.378 e. The van der Waals surface area contributed by atoms with E-state index in [0.717, 1.165) is 26.0 Å². The van der Waals surface area contributed by atoms with Crippen molar-refractivity contribution >= 4 is 6.21 Å². The van der Waals surface area contributed by atoms with Gasteiger partial charge in [-0.05, 0) is 58.6 Å². The van der Waals surface area contributed by atoms with E-state index in [0.29, 0.717) is 31.5 Å². The van der Waals surface area contributed by atoms with Crippen molar-refractivity contribution in [1.82, 2.24) is 5.43 Å². The molecule has 27 heavy (non-hydrogen) atoms. The molecule has 0 radical (unpaired) electrons. The zero-order valence-corrected chi connectivity index (χ0v) is 19.0.